The first-order valence-corrected chi connectivity index (χ1v) is 10.8. The number of urea groups is 1. The van der Waals surface area contributed by atoms with Crippen LogP contribution in [-0.2, 0) is 4.79 Å². The summed E-state index contributed by atoms with van der Waals surface area (Å²) in [5.74, 6) is 0.825. The second-order valence-corrected chi connectivity index (χ2v) is 8.20. The molecule has 3 saturated heterocycles. The molecule has 0 saturated carbocycles. The van der Waals surface area contributed by atoms with Gasteiger partial charge in [-0.15, -0.1) is 0 Å². The van der Waals surface area contributed by atoms with Gasteiger partial charge < -0.3 is 20.0 Å². The van der Waals surface area contributed by atoms with Crippen molar-refractivity contribution in [3.63, 3.8) is 0 Å². The molecule has 1 aromatic rings. The van der Waals surface area contributed by atoms with Crippen LogP contribution in [0.1, 0.15) is 44.9 Å². The number of carbonyl (C=O) groups is 2. The number of hydrogen-bond donors (Lipinski definition) is 1. The van der Waals surface area contributed by atoms with Crippen molar-refractivity contribution in [3.05, 3.63) is 18.3 Å². The van der Waals surface area contributed by atoms with Gasteiger partial charge in [0.1, 0.15) is 5.82 Å². The molecule has 1 atom stereocenters. The molecule has 28 heavy (non-hydrogen) atoms. The third kappa shape index (κ3) is 4.39. The fourth-order valence-corrected chi connectivity index (χ4v) is 4.49. The van der Waals surface area contributed by atoms with Crippen molar-refractivity contribution in [2.24, 2.45) is 5.92 Å². The Bertz CT molecular complexity index is 681. The predicted molar refractivity (Wildman–Crippen MR) is 109 cm³/mol. The second kappa shape index (κ2) is 8.80. The Kier molecular flexibility index (Phi) is 5.98. The SMILES string of the molecule is O=C(Nc1ccc(N2CCCCC2)nc1)C1CCCN(C(=O)N2CCCC2)C1. The van der Waals surface area contributed by atoms with Crippen molar-refractivity contribution in [1.82, 2.24) is 14.8 Å². The van der Waals surface area contributed by atoms with Crippen LogP contribution in [0.25, 0.3) is 0 Å². The summed E-state index contributed by atoms with van der Waals surface area (Å²) in [6.07, 6.45) is 9.36. The number of carbonyl (C=O) groups excluding carboxylic acids is 2. The molecule has 0 aliphatic carbocycles. The van der Waals surface area contributed by atoms with Crippen LogP contribution in [-0.4, -0.2) is 66.0 Å². The lowest BCUT2D eigenvalue weighted by atomic mass is 9.97. The highest BCUT2D eigenvalue weighted by atomic mass is 16.2. The topological polar surface area (TPSA) is 68.8 Å². The first-order chi connectivity index (χ1) is 13.7. The summed E-state index contributed by atoms with van der Waals surface area (Å²) in [7, 11) is 0. The number of rotatable bonds is 3. The van der Waals surface area contributed by atoms with E-state index in [0.717, 1.165) is 69.9 Å². The van der Waals surface area contributed by atoms with Gasteiger partial charge in [-0.1, -0.05) is 0 Å². The number of amides is 3. The average Bonchev–Trinajstić information content (AvgIpc) is 3.29. The van der Waals surface area contributed by atoms with Gasteiger partial charge in [0, 0.05) is 39.3 Å². The lowest BCUT2D eigenvalue weighted by Crippen LogP contribution is -2.48. The monoisotopic (exact) mass is 385 g/mol. The number of aromatic nitrogens is 1. The highest BCUT2D eigenvalue weighted by Gasteiger charge is 2.31. The van der Waals surface area contributed by atoms with Gasteiger partial charge in [-0.3, -0.25) is 4.79 Å². The number of nitrogens with one attached hydrogen (secondary N) is 1. The average molecular weight is 386 g/mol. The summed E-state index contributed by atoms with van der Waals surface area (Å²) in [5, 5.41) is 3.00. The highest BCUT2D eigenvalue weighted by Crippen LogP contribution is 2.23. The summed E-state index contributed by atoms with van der Waals surface area (Å²) in [6, 6.07) is 4.03. The molecule has 1 unspecified atom stereocenters. The number of hydrogen-bond acceptors (Lipinski definition) is 4. The van der Waals surface area contributed by atoms with Crippen LogP contribution in [0.3, 0.4) is 0 Å². The van der Waals surface area contributed by atoms with Crippen molar-refractivity contribution in [2.45, 2.75) is 44.9 Å². The minimum Gasteiger partial charge on any atom is -0.357 e. The Morgan fingerprint density at radius 3 is 2.32 bits per heavy atom. The molecule has 1 N–H and O–H groups in total. The minimum atomic E-state index is -0.151. The zero-order chi connectivity index (χ0) is 19.3. The van der Waals surface area contributed by atoms with Gasteiger partial charge in [0.25, 0.3) is 0 Å². The highest BCUT2D eigenvalue weighted by molar-refractivity contribution is 5.93. The van der Waals surface area contributed by atoms with Crippen molar-refractivity contribution in [2.75, 3.05) is 49.5 Å². The third-order valence-corrected chi connectivity index (χ3v) is 6.13. The van der Waals surface area contributed by atoms with Crippen molar-refractivity contribution >= 4 is 23.4 Å². The van der Waals surface area contributed by atoms with Crippen LogP contribution in [0.5, 0.6) is 0 Å². The fourth-order valence-electron chi connectivity index (χ4n) is 4.49. The summed E-state index contributed by atoms with van der Waals surface area (Å²) >= 11 is 0. The maximum absolute atomic E-state index is 12.7. The Hall–Kier alpha value is -2.31. The molecule has 152 valence electrons. The molecule has 0 radical (unpaired) electrons. The molecule has 4 heterocycles. The molecule has 0 aromatic carbocycles. The van der Waals surface area contributed by atoms with E-state index in [4.69, 9.17) is 0 Å². The van der Waals surface area contributed by atoms with Gasteiger partial charge in [-0.25, -0.2) is 9.78 Å². The van der Waals surface area contributed by atoms with E-state index in [-0.39, 0.29) is 17.9 Å². The zero-order valence-corrected chi connectivity index (χ0v) is 16.6. The van der Waals surface area contributed by atoms with Crippen molar-refractivity contribution < 1.29 is 9.59 Å². The lowest BCUT2D eigenvalue weighted by Gasteiger charge is -2.34. The van der Waals surface area contributed by atoms with Crippen LogP contribution in [0, 0.1) is 5.92 Å². The zero-order valence-electron chi connectivity index (χ0n) is 16.6. The number of piperidine rings is 2. The minimum absolute atomic E-state index is 0.00792. The van der Waals surface area contributed by atoms with Gasteiger partial charge in [0.15, 0.2) is 0 Å². The number of pyridine rings is 1. The smallest absolute Gasteiger partial charge is 0.320 e. The van der Waals surface area contributed by atoms with E-state index in [0.29, 0.717) is 6.54 Å². The summed E-state index contributed by atoms with van der Waals surface area (Å²) < 4.78 is 0. The molecular formula is C21H31N5O2. The molecule has 3 amide bonds. The van der Waals surface area contributed by atoms with E-state index in [1.165, 1.54) is 19.3 Å². The van der Waals surface area contributed by atoms with E-state index in [1.807, 2.05) is 21.9 Å². The quantitative estimate of drug-likeness (QED) is 0.869. The molecule has 1 aromatic heterocycles. The Labute approximate surface area is 167 Å². The fraction of sp³-hybridized carbons (Fsp3) is 0.667. The molecule has 3 aliphatic rings. The van der Waals surface area contributed by atoms with Crippen LogP contribution in [0.15, 0.2) is 18.3 Å². The van der Waals surface area contributed by atoms with E-state index in [2.05, 4.69) is 15.2 Å². The van der Waals surface area contributed by atoms with Crippen LogP contribution in [0.4, 0.5) is 16.3 Å². The standard InChI is InChI=1S/C21H31N5O2/c27-20(17-7-6-14-26(16-17)21(28)25-12-4-5-13-25)23-18-8-9-19(22-15-18)24-10-2-1-3-11-24/h8-9,15,17H,1-7,10-14,16H2,(H,23,27). The second-order valence-electron chi connectivity index (χ2n) is 8.20. The van der Waals surface area contributed by atoms with E-state index < -0.39 is 0 Å². The number of nitrogens with zero attached hydrogens (tertiary/aromatic N) is 4. The Morgan fingerprint density at radius 2 is 1.61 bits per heavy atom. The lowest BCUT2D eigenvalue weighted by molar-refractivity contribution is -0.121. The van der Waals surface area contributed by atoms with Crippen LogP contribution in [0.2, 0.25) is 0 Å². The van der Waals surface area contributed by atoms with Gasteiger partial charge in [0.2, 0.25) is 5.91 Å². The molecule has 3 fully saturated rings. The first-order valence-electron chi connectivity index (χ1n) is 10.8. The molecule has 7 nitrogen and oxygen atoms in total. The summed E-state index contributed by atoms with van der Waals surface area (Å²) in [6.45, 7) is 5.08. The molecule has 0 spiro atoms. The number of anilines is 2. The normalized spacial score (nSPS) is 23.0. The van der Waals surface area contributed by atoms with Gasteiger partial charge in [0.05, 0.1) is 17.8 Å². The van der Waals surface area contributed by atoms with Gasteiger partial charge >= 0.3 is 6.03 Å². The molecule has 4 rings (SSSR count). The molecular weight excluding hydrogens is 354 g/mol. The van der Waals surface area contributed by atoms with E-state index in [1.54, 1.807) is 6.20 Å². The van der Waals surface area contributed by atoms with Crippen LogP contribution >= 0.6 is 0 Å². The van der Waals surface area contributed by atoms with E-state index >= 15 is 0 Å². The largest absolute Gasteiger partial charge is 0.357 e. The first kappa shape index (κ1) is 19.0. The van der Waals surface area contributed by atoms with Crippen molar-refractivity contribution in [1.29, 1.82) is 0 Å². The molecule has 7 heteroatoms. The third-order valence-electron chi connectivity index (χ3n) is 6.13. The maximum atomic E-state index is 12.7. The summed E-state index contributed by atoms with van der Waals surface area (Å²) in [5.41, 5.74) is 0.730. The molecule has 0 bridgehead atoms. The molecule has 3 aliphatic heterocycles. The Morgan fingerprint density at radius 1 is 0.893 bits per heavy atom. The maximum Gasteiger partial charge on any atom is 0.320 e. The van der Waals surface area contributed by atoms with E-state index in [9.17, 15) is 9.59 Å². The number of likely N-dealkylation sites (tertiary alicyclic amines) is 2. The van der Waals surface area contributed by atoms with Gasteiger partial charge in [-0.2, -0.15) is 0 Å². The van der Waals surface area contributed by atoms with Crippen molar-refractivity contribution in [3.8, 4) is 0 Å². The van der Waals surface area contributed by atoms with Gasteiger partial charge in [-0.05, 0) is 57.1 Å². The Balaban J connectivity index is 1.31. The predicted octanol–water partition coefficient (Wildman–Crippen LogP) is 2.94. The van der Waals surface area contributed by atoms with Crippen LogP contribution < -0.4 is 10.2 Å². The summed E-state index contributed by atoms with van der Waals surface area (Å²) in [4.78, 5) is 36.0.